The summed E-state index contributed by atoms with van der Waals surface area (Å²) in [6.45, 7) is 0. The minimum Gasteiger partial charge on any atom is -0.344 e. The highest BCUT2D eigenvalue weighted by molar-refractivity contribution is 7.86. The van der Waals surface area contributed by atoms with E-state index in [9.17, 15) is 57.3 Å². The van der Waals surface area contributed by atoms with Crippen LogP contribution in [0.5, 0.6) is 0 Å². The standard InChI is InChI=1S/C18H20N2O10S2.C16H15N3O4.H3N/c1-31(25,26)29-17(13-3-7-15(8-4-13)19(21)22)11-12-18(30-32(2,27)28)14-5-9-16(10-6-14)20(23)24;20-18(21)13-5-1-11(2-6-13)15-9-10-16(17-15)12-3-7-14(8-4-12)19(22)23;/h3-10,17-18H,11-12H2,1-2H3;1-8,15-17H,9-10H2;1H3/i/hD2. The van der Waals surface area contributed by atoms with Crippen LogP contribution in [0.4, 0.5) is 22.7 Å². The van der Waals surface area contributed by atoms with E-state index in [1.54, 1.807) is 24.3 Å². The van der Waals surface area contributed by atoms with E-state index in [2.05, 4.69) is 6.14 Å². The Kier molecular flexibility index (Phi) is 14.2. The van der Waals surface area contributed by atoms with Gasteiger partial charge in [-0.3, -0.25) is 48.8 Å². The molecule has 1 aliphatic rings. The van der Waals surface area contributed by atoms with Crippen LogP contribution < -0.4 is 11.5 Å². The number of non-ortho nitro benzene ring substituents is 4. The van der Waals surface area contributed by atoms with Crippen LogP contribution in [0.25, 0.3) is 0 Å². The summed E-state index contributed by atoms with van der Waals surface area (Å²) in [5.74, 6) is 0. The van der Waals surface area contributed by atoms with Gasteiger partial charge in [0.2, 0.25) is 0 Å². The zero-order chi connectivity index (χ0) is 43.4. The summed E-state index contributed by atoms with van der Waals surface area (Å²) in [5.41, 5.74) is 2.03. The fraction of sp³-hybridized carbons (Fsp3) is 0.294. The van der Waals surface area contributed by atoms with Gasteiger partial charge in [-0.1, -0.05) is 24.3 Å². The Morgan fingerprint density at radius 1 is 0.589 bits per heavy atom. The Balaban J connectivity index is 0.000000308. The second-order valence-electron chi connectivity index (χ2n) is 12.3. The largest absolute Gasteiger partial charge is 0.344 e. The highest BCUT2D eigenvalue weighted by Gasteiger charge is 2.27. The normalized spacial score (nSPS) is 17.1. The molecule has 4 N–H and O–H groups in total. The van der Waals surface area contributed by atoms with Gasteiger partial charge in [-0.05, 0) is 72.2 Å². The van der Waals surface area contributed by atoms with Crippen LogP contribution in [0.1, 0.15) is 72.2 Å². The molecule has 0 saturated carbocycles. The Morgan fingerprint density at radius 3 is 1.07 bits per heavy atom. The van der Waals surface area contributed by atoms with Gasteiger partial charge in [0.25, 0.3) is 43.0 Å². The molecule has 0 radical (unpaired) electrons. The minimum atomic E-state index is -3.93. The molecule has 1 aliphatic heterocycles. The average molecular weight is 821 g/mol. The molecule has 4 unspecified atom stereocenters. The molecular weight excluding hydrogens is 781 g/mol. The molecule has 0 aliphatic carbocycles. The molecule has 0 amide bonds. The van der Waals surface area contributed by atoms with Crippen LogP contribution in [-0.2, 0) is 28.6 Å². The van der Waals surface area contributed by atoms with E-state index in [-0.39, 0.29) is 47.7 Å². The maximum Gasteiger partial charge on any atom is 0.269 e. The molecular formula is C34H38N6O14S2. The van der Waals surface area contributed by atoms with Gasteiger partial charge in [0.1, 0.15) is 15.0 Å². The monoisotopic (exact) mass is 820 g/mol. The maximum atomic E-state index is 11.7. The molecule has 1 heterocycles. The van der Waals surface area contributed by atoms with E-state index >= 15 is 0 Å². The van der Waals surface area contributed by atoms with Crippen LogP contribution >= 0.6 is 0 Å². The molecule has 300 valence electrons. The van der Waals surface area contributed by atoms with E-state index in [1.807, 2.05) is 0 Å². The van der Waals surface area contributed by atoms with Crippen molar-refractivity contribution in [3.8, 4) is 0 Å². The van der Waals surface area contributed by atoms with Crippen molar-refractivity contribution in [2.45, 2.75) is 50.0 Å². The summed E-state index contributed by atoms with van der Waals surface area (Å²) in [7, 11) is -7.86. The first kappa shape index (κ1) is 41.4. The molecule has 22 heteroatoms. The molecule has 4 aromatic carbocycles. The minimum absolute atomic E-state index is 0.0280. The Hall–Kier alpha value is -5.78. The fourth-order valence-electron chi connectivity index (χ4n) is 5.71. The predicted octanol–water partition coefficient (Wildman–Crippen LogP) is 6.85. The van der Waals surface area contributed by atoms with Crippen LogP contribution in [0.2, 0.25) is 2.82 Å². The van der Waals surface area contributed by atoms with Crippen molar-refractivity contribution in [3.05, 3.63) is 160 Å². The van der Waals surface area contributed by atoms with Gasteiger partial charge in [-0.15, -0.1) is 0 Å². The number of hydrogen-bond donors (Lipinski definition) is 2. The zero-order valence-electron chi connectivity index (χ0n) is 31.7. The number of nitrogens with one attached hydrogen (secondary N) is 1. The molecule has 0 spiro atoms. The lowest BCUT2D eigenvalue weighted by atomic mass is 9.99. The molecule has 1 fully saturated rings. The first-order valence-electron chi connectivity index (χ1n) is 17.3. The molecule has 4 atom stereocenters. The number of benzene rings is 4. The molecule has 20 nitrogen and oxygen atoms in total. The molecule has 56 heavy (non-hydrogen) atoms. The SMILES string of the molecule is CS(=O)(=O)OC(CCC(OS(C)(=O)=O)c1ccc([N+](=O)[O-])cc1)c1ccc([N+](=O)[O-])cc1.[2H]N.[2H]N1C(c2ccc([N+](=O)[O-])cc2)CCC1c1ccc([N+](=O)[O-])cc1. The summed E-state index contributed by atoms with van der Waals surface area (Å²) in [4.78, 5) is 41.0. The van der Waals surface area contributed by atoms with Crippen molar-refractivity contribution in [2.24, 2.45) is 0 Å². The summed E-state index contributed by atoms with van der Waals surface area (Å²) >= 11 is 0. The second kappa shape index (κ2) is 19.2. The highest BCUT2D eigenvalue weighted by Crippen LogP contribution is 2.36. The van der Waals surface area contributed by atoms with E-state index in [0.717, 1.165) is 36.5 Å². The molecule has 0 aromatic heterocycles. The van der Waals surface area contributed by atoms with Crippen molar-refractivity contribution >= 4 is 43.0 Å². The van der Waals surface area contributed by atoms with Crippen LogP contribution in [0.3, 0.4) is 0 Å². The van der Waals surface area contributed by atoms with E-state index < -0.39 is 52.1 Å². The Morgan fingerprint density at radius 2 is 0.839 bits per heavy atom. The van der Waals surface area contributed by atoms with Crippen molar-refractivity contribution in [1.29, 1.82) is 0 Å². The van der Waals surface area contributed by atoms with Gasteiger partial charge in [0, 0.05) is 60.6 Å². The molecule has 0 bridgehead atoms. The zero-order valence-corrected chi connectivity index (χ0v) is 31.4. The number of nitrogens with zero attached hydrogens (tertiary/aromatic N) is 4. The van der Waals surface area contributed by atoms with Gasteiger partial charge in [-0.25, -0.2) is 0 Å². The third-order valence-electron chi connectivity index (χ3n) is 8.28. The van der Waals surface area contributed by atoms with Crippen molar-refractivity contribution in [3.63, 3.8) is 0 Å². The first-order valence-corrected chi connectivity index (χ1v) is 19.9. The third kappa shape index (κ3) is 13.2. The maximum absolute atomic E-state index is 11.7. The highest BCUT2D eigenvalue weighted by atomic mass is 32.2. The van der Waals surface area contributed by atoms with Gasteiger partial charge in [0.15, 0.2) is 0 Å². The second-order valence-corrected chi connectivity index (χ2v) is 15.5. The molecule has 1 saturated heterocycles. The molecule has 5 rings (SSSR count). The van der Waals surface area contributed by atoms with Gasteiger partial charge in [-0.2, -0.15) is 16.8 Å². The Bertz CT molecular complexity index is 2110. The third-order valence-corrected chi connectivity index (χ3v) is 9.44. The van der Waals surface area contributed by atoms with E-state index in [0.29, 0.717) is 11.1 Å². The molecule has 4 aromatic rings. The van der Waals surface area contributed by atoms with E-state index in [4.69, 9.17) is 11.2 Å². The van der Waals surface area contributed by atoms with E-state index in [1.165, 1.54) is 78.1 Å². The Labute approximate surface area is 323 Å². The lowest BCUT2D eigenvalue weighted by Crippen LogP contribution is -2.17. The van der Waals surface area contributed by atoms with Crippen molar-refractivity contribution < 1.29 is 47.7 Å². The number of nitro benzene ring substituents is 4. The van der Waals surface area contributed by atoms with Crippen molar-refractivity contribution in [2.75, 3.05) is 12.5 Å². The van der Waals surface area contributed by atoms with Gasteiger partial charge >= 0.3 is 0 Å². The van der Waals surface area contributed by atoms with Gasteiger partial charge in [0.05, 0.1) is 32.2 Å². The number of rotatable bonds is 15. The topological polar surface area (TPSA) is 306 Å². The average Bonchev–Trinajstić information content (AvgIpc) is 3.57. The van der Waals surface area contributed by atoms with Crippen molar-refractivity contribution in [1.82, 2.24) is 11.5 Å². The van der Waals surface area contributed by atoms with Crippen LogP contribution in [-0.4, -0.2) is 49.0 Å². The predicted molar refractivity (Wildman–Crippen MR) is 202 cm³/mol. The smallest absolute Gasteiger partial charge is 0.269 e. The lowest BCUT2D eigenvalue weighted by Gasteiger charge is -2.21. The van der Waals surface area contributed by atoms with Gasteiger partial charge < -0.3 is 11.5 Å². The fourth-order valence-corrected chi connectivity index (χ4v) is 6.97. The summed E-state index contributed by atoms with van der Waals surface area (Å²) in [5, 5.41) is 44.6. The summed E-state index contributed by atoms with van der Waals surface area (Å²) < 4.78 is 70.7. The summed E-state index contributed by atoms with van der Waals surface area (Å²) in [6.07, 6.45) is 4.71. The van der Waals surface area contributed by atoms with Crippen LogP contribution in [0, 0.1) is 40.5 Å². The number of hydrogen-bond acceptors (Lipinski definition) is 16. The van der Waals surface area contributed by atoms with Crippen LogP contribution in [0.15, 0.2) is 97.1 Å². The summed E-state index contributed by atoms with van der Waals surface area (Å²) in [6, 6.07) is 22.3. The quantitative estimate of drug-likeness (QED) is 0.0703. The number of nitro groups is 4. The lowest BCUT2D eigenvalue weighted by molar-refractivity contribution is -0.385. The first-order chi connectivity index (χ1) is 27.2.